The van der Waals surface area contributed by atoms with Gasteiger partial charge >= 0.3 is 6.09 Å². The maximum absolute atomic E-state index is 12.0. The van der Waals surface area contributed by atoms with E-state index in [1.54, 1.807) is 30.5 Å². The fourth-order valence-corrected chi connectivity index (χ4v) is 3.77. The molecule has 150 valence electrons. The van der Waals surface area contributed by atoms with Gasteiger partial charge in [-0.1, -0.05) is 0 Å². The van der Waals surface area contributed by atoms with Gasteiger partial charge in [-0.2, -0.15) is 0 Å². The summed E-state index contributed by atoms with van der Waals surface area (Å²) in [4.78, 5) is 22.5. The van der Waals surface area contributed by atoms with Gasteiger partial charge in [0.1, 0.15) is 6.61 Å². The molecule has 0 aliphatic carbocycles. The molecule has 1 aromatic heterocycles. The van der Waals surface area contributed by atoms with Crippen LogP contribution in [0.1, 0.15) is 6.92 Å². The van der Waals surface area contributed by atoms with Gasteiger partial charge in [-0.05, 0) is 43.3 Å². The van der Waals surface area contributed by atoms with Gasteiger partial charge in [-0.3, -0.25) is 4.90 Å². The quantitative estimate of drug-likeness (QED) is 0.625. The summed E-state index contributed by atoms with van der Waals surface area (Å²) in [5.74, 6) is 0.318. The molecular formula is C19H19N5O4S. The standard InChI is InChI=1S/C19H19N5O4S/c1-11-10-28-19(25)24(11)13-7-16(20)15-9-21-18(23-17(15)8-13)22-12-3-5-14(6-4-12)29(2,26)27/h3-9,11H,10,20H2,1-2H3,(H,21,22,23)/t11-/m0/s1. The Labute approximate surface area is 167 Å². The van der Waals surface area contributed by atoms with E-state index in [-0.39, 0.29) is 10.9 Å². The van der Waals surface area contributed by atoms with Crippen LogP contribution in [-0.2, 0) is 14.6 Å². The molecule has 10 heteroatoms. The van der Waals surface area contributed by atoms with Crippen molar-refractivity contribution in [3.63, 3.8) is 0 Å². The summed E-state index contributed by atoms with van der Waals surface area (Å²) in [5.41, 5.74) is 8.40. The molecule has 0 saturated carbocycles. The van der Waals surface area contributed by atoms with E-state index < -0.39 is 15.9 Å². The minimum atomic E-state index is -3.26. The lowest BCUT2D eigenvalue weighted by Gasteiger charge is -2.19. The summed E-state index contributed by atoms with van der Waals surface area (Å²) in [5, 5.41) is 3.70. The molecule has 1 fully saturated rings. The zero-order valence-corrected chi connectivity index (χ0v) is 16.6. The first-order valence-corrected chi connectivity index (χ1v) is 10.7. The van der Waals surface area contributed by atoms with Crippen LogP contribution in [0.4, 0.5) is 27.8 Å². The highest BCUT2D eigenvalue weighted by molar-refractivity contribution is 7.90. The zero-order valence-electron chi connectivity index (χ0n) is 15.8. The van der Waals surface area contributed by atoms with Gasteiger partial charge in [0, 0.05) is 29.2 Å². The van der Waals surface area contributed by atoms with E-state index >= 15 is 0 Å². The number of cyclic esters (lactones) is 1. The van der Waals surface area contributed by atoms with Crippen LogP contribution in [0.25, 0.3) is 10.9 Å². The average Bonchev–Trinajstić information content (AvgIpc) is 2.99. The summed E-state index contributed by atoms with van der Waals surface area (Å²) in [7, 11) is -3.26. The predicted molar refractivity (Wildman–Crippen MR) is 110 cm³/mol. The summed E-state index contributed by atoms with van der Waals surface area (Å²) in [6.45, 7) is 2.20. The van der Waals surface area contributed by atoms with Crippen molar-refractivity contribution < 1.29 is 17.9 Å². The van der Waals surface area contributed by atoms with Gasteiger partial charge < -0.3 is 15.8 Å². The summed E-state index contributed by atoms with van der Waals surface area (Å²) in [6.07, 6.45) is 2.33. The smallest absolute Gasteiger partial charge is 0.414 e. The van der Waals surface area contributed by atoms with Crippen LogP contribution in [0.5, 0.6) is 0 Å². The molecule has 1 amide bonds. The van der Waals surface area contributed by atoms with E-state index in [9.17, 15) is 13.2 Å². The summed E-state index contributed by atoms with van der Waals surface area (Å²) in [6, 6.07) is 9.64. The van der Waals surface area contributed by atoms with Crippen LogP contribution in [0, 0.1) is 0 Å². The normalized spacial score (nSPS) is 16.8. The fraction of sp³-hybridized carbons (Fsp3) is 0.211. The number of nitrogen functional groups attached to an aromatic ring is 1. The van der Waals surface area contributed by atoms with Crippen molar-refractivity contribution in [1.29, 1.82) is 0 Å². The third kappa shape index (κ3) is 3.66. The Hall–Kier alpha value is -3.40. The maximum atomic E-state index is 12.0. The lowest BCUT2D eigenvalue weighted by Crippen LogP contribution is -2.30. The monoisotopic (exact) mass is 413 g/mol. The van der Waals surface area contributed by atoms with Crippen LogP contribution in [0.15, 0.2) is 47.5 Å². The highest BCUT2D eigenvalue weighted by Crippen LogP contribution is 2.31. The second kappa shape index (κ2) is 6.89. The highest BCUT2D eigenvalue weighted by atomic mass is 32.2. The van der Waals surface area contributed by atoms with Gasteiger partial charge in [0.05, 0.1) is 22.1 Å². The minimum Gasteiger partial charge on any atom is -0.447 e. The Kier molecular flexibility index (Phi) is 4.50. The first kappa shape index (κ1) is 18.9. The number of fused-ring (bicyclic) bond motifs is 1. The van der Waals surface area contributed by atoms with Gasteiger partial charge in [-0.25, -0.2) is 23.2 Å². The Morgan fingerprint density at radius 2 is 1.97 bits per heavy atom. The summed E-state index contributed by atoms with van der Waals surface area (Å²) < 4.78 is 28.2. The predicted octanol–water partition coefficient (Wildman–Crippen LogP) is 2.70. The fourth-order valence-electron chi connectivity index (χ4n) is 3.14. The molecule has 9 nitrogen and oxygen atoms in total. The molecule has 0 spiro atoms. The maximum Gasteiger partial charge on any atom is 0.414 e. The van der Waals surface area contributed by atoms with E-state index in [0.717, 1.165) is 6.26 Å². The molecule has 2 aromatic carbocycles. The number of benzene rings is 2. The number of hydrogen-bond donors (Lipinski definition) is 2. The number of anilines is 4. The lowest BCUT2D eigenvalue weighted by molar-refractivity contribution is 0.179. The average molecular weight is 413 g/mol. The Bertz CT molecular complexity index is 1210. The van der Waals surface area contributed by atoms with E-state index in [0.29, 0.717) is 40.5 Å². The van der Waals surface area contributed by atoms with Crippen LogP contribution in [0.2, 0.25) is 0 Å². The number of nitrogens with one attached hydrogen (secondary N) is 1. The molecule has 0 bridgehead atoms. The Balaban J connectivity index is 1.67. The number of hydrogen-bond acceptors (Lipinski definition) is 8. The third-order valence-electron chi connectivity index (χ3n) is 4.62. The van der Waals surface area contributed by atoms with Gasteiger partial charge in [0.2, 0.25) is 5.95 Å². The SMILES string of the molecule is C[C@H]1COC(=O)N1c1cc(N)c2cnc(Nc3ccc(S(C)(=O)=O)cc3)nc2c1. The van der Waals surface area contributed by atoms with Crippen molar-refractivity contribution in [2.45, 2.75) is 17.9 Å². The number of sulfone groups is 1. The van der Waals surface area contributed by atoms with Crippen LogP contribution in [0.3, 0.4) is 0 Å². The van der Waals surface area contributed by atoms with Crippen molar-refractivity contribution in [1.82, 2.24) is 9.97 Å². The second-order valence-electron chi connectivity index (χ2n) is 6.88. The number of amides is 1. The van der Waals surface area contributed by atoms with E-state index in [2.05, 4.69) is 15.3 Å². The van der Waals surface area contributed by atoms with Gasteiger partial charge in [0.15, 0.2) is 9.84 Å². The van der Waals surface area contributed by atoms with Crippen molar-refractivity contribution in [2.24, 2.45) is 0 Å². The molecule has 3 N–H and O–H groups in total. The molecule has 1 saturated heterocycles. The zero-order chi connectivity index (χ0) is 20.8. The molecule has 1 aliphatic heterocycles. The molecule has 1 atom stereocenters. The molecule has 29 heavy (non-hydrogen) atoms. The van der Waals surface area contributed by atoms with Crippen LogP contribution in [-0.4, -0.2) is 43.4 Å². The first-order chi connectivity index (χ1) is 13.7. The summed E-state index contributed by atoms with van der Waals surface area (Å²) >= 11 is 0. The number of ether oxygens (including phenoxy) is 1. The number of carbonyl (C=O) groups is 1. The Morgan fingerprint density at radius 3 is 2.59 bits per heavy atom. The first-order valence-electron chi connectivity index (χ1n) is 8.82. The Morgan fingerprint density at radius 1 is 1.24 bits per heavy atom. The van der Waals surface area contributed by atoms with Crippen molar-refractivity contribution >= 4 is 49.8 Å². The minimum absolute atomic E-state index is 0.104. The molecule has 3 aromatic rings. The number of nitrogens with two attached hydrogens (primary N) is 1. The largest absolute Gasteiger partial charge is 0.447 e. The topological polar surface area (TPSA) is 128 Å². The van der Waals surface area contributed by atoms with Gasteiger partial charge in [-0.15, -0.1) is 0 Å². The van der Waals surface area contributed by atoms with Crippen molar-refractivity contribution in [3.8, 4) is 0 Å². The molecular weight excluding hydrogens is 394 g/mol. The van der Waals surface area contributed by atoms with E-state index in [1.807, 2.05) is 6.92 Å². The third-order valence-corrected chi connectivity index (χ3v) is 5.75. The number of nitrogens with zero attached hydrogens (tertiary/aromatic N) is 3. The molecule has 4 rings (SSSR count). The number of aromatic nitrogens is 2. The van der Waals surface area contributed by atoms with Crippen molar-refractivity contribution in [3.05, 3.63) is 42.6 Å². The van der Waals surface area contributed by atoms with Crippen molar-refractivity contribution in [2.75, 3.05) is 28.8 Å². The lowest BCUT2D eigenvalue weighted by atomic mass is 10.1. The molecule has 2 heterocycles. The highest BCUT2D eigenvalue weighted by Gasteiger charge is 2.31. The molecule has 1 aliphatic rings. The van der Waals surface area contributed by atoms with E-state index in [1.165, 1.54) is 17.0 Å². The van der Waals surface area contributed by atoms with E-state index in [4.69, 9.17) is 10.5 Å². The molecule has 0 unspecified atom stereocenters. The second-order valence-corrected chi connectivity index (χ2v) is 8.89. The number of rotatable bonds is 4. The van der Waals surface area contributed by atoms with Crippen LogP contribution < -0.4 is 16.0 Å². The van der Waals surface area contributed by atoms with Crippen LogP contribution >= 0.6 is 0 Å². The number of carbonyl (C=O) groups excluding carboxylic acids is 1. The van der Waals surface area contributed by atoms with Gasteiger partial charge in [0.25, 0.3) is 0 Å². The molecule has 0 radical (unpaired) electrons.